The summed E-state index contributed by atoms with van der Waals surface area (Å²) in [7, 11) is 1.83. The van der Waals surface area contributed by atoms with Crippen molar-refractivity contribution in [1.29, 1.82) is 0 Å². The number of aromatic nitrogens is 4. The van der Waals surface area contributed by atoms with Crippen LogP contribution in [0.1, 0.15) is 30.3 Å². The fourth-order valence-electron chi connectivity index (χ4n) is 2.68. The van der Waals surface area contributed by atoms with Crippen molar-refractivity contribution in [2.45, 2.75) is 25.1 Å². The van der Waals surface area contributed by atoms with Gasteiger partial charge in [0.15, 0.2) is 5.82 Å². The largest absolute Gasteiger partial charge is 0.417 e. The van der Waals surface area contributed by atoms with E-state index >= 15 is 0 Å². The van der Waals surface area contributed by atoms with Crippen molar-refractivity contribution in [2.24, 2.45) is 7.05 Å². The van der Waals surface area contributed by atoms with Gasteiger partial charge in [0.05, 0.1) is 16.6 Å². The Hall–Kier alpha value is -1.83. The number of rotatable bonds is 2. The van der Waals surface area contributed by atoms with Crippen molar-refractivity contribution >= 4 is 17.4 Å². The maximum absolute atomic E-state index is 12.7. The van der Waals surface area contributed by atoms with E-state index in [4.69, 9.17) is 11.6 Å². The van der Waals surface area contributed by atoms with Crippen molar-refractivity contribution < 1.29 is 13.2 Å². The molecular weight excluding hydrogens is 319 g/mol. The molecule has 0 radical (unpaired) electrons. The fourth-order valence-corrected chi connectivity index (χ4v) is 2.95. The van der Waals surface area contributed by atoms with Gasteiger partial charge in [-0.25, -0.2) is 4.98 Å². The highest BCUT2D eigenvalue weighted by Gasteiger charge is 2.35. The van der Waals surface area contributed by atoms with Gasteiger partial charge in [-0.2, -0.15) is 13.2 Å². The number of alkyl halides is 3. The van der Waals surface area contributed by atoms with E-state index in [1.54, 1.807) is 10.9 Å². The Balaban J connectivity index is 1.95. The molecule has 0 N–H and O–H groups in total. The summed E-state index contributed by atoms with van der Waals surface area (Å²) in [6.45, 7) is 0.662. The van der Waals surface area contributed by atoms with Gasteiger partial charge in [-0.15, -0.1) is 10.2 Å². The van der Waals surface area contributed by atoms with Crippen LogP contribution in [0, 0.1) is 0 Å². The molecule has 1 aliphatic rings. The molecular formula is C13H13ClF3N5. The van der Waals surface area contributed by atoms with Crippen molar-refractivity contribution in [3.05, 3.63) is 35.0 Å². The molecule has 0 aliphatic carbocycles. The zero-order chi connectivity index (χ0) is 15.9. The first-order valence-corrected chi connectivity index (χ1v) is 7.09. The summed E-state index contributed by atoms with van der Waals surface area (Å²) in [6.07, 6.45) is -0.341. The second-order valence-corrected chi connectivity index (χ2v) is 5.59. The lowest BCUT2D eigenvalue weighted by Crippen LogP contribution is -2.26. The summed E-state index contributed by atoms with van der Waals surface area (Å²) in [5.74, 6) is 1.09. The molecule has 2 aromatic rings. The standard InChI is InChI=1S/C13H13ClF3N5/c1-21-7-19-20-12(21)10-3-2-4-22(10)11-9(14)5-8(6-18-11)13(15,16)17/h5-7,10H,2-4H2,1H3/t10-/m0/s1. The monoisotopic (exact) mass is 331 g/mol. The van der Waals surface area contributed by atoms with Crippen LogP contribution in [0.4, 0.5) is 19.0 Å². The molecule has 1 fully saturated rings. The summed E-state index contributed by atoms with van der Waals surface area (Å²) < 4.78 is 39.9. The van der Waals surface area contributed by atoms with Crippen molar-refractivity contribution in [1.82, 2.24) is 19.7 Å². The minimum atomic E-state index is -4.46. The van der Waals surface area contributed by atoms with Crippen LogP contribution in [0.2, 0.25) is 5.02 Å². The van der Waals surface area contributed by atoms with E-state index in [-0.39, 0.29) is 11.1 Å². The first-order valence-electron chi connectivity index (χ1n) is 6.71. The van der Waals surface area contributed by atoms with Gasteiger partial charge in [0.2, 0.25) is 0 Å². The minimum absolute atomic E-state index is 0.0103. The summed E-state index contributed by atoms with van der Waals surface area (Å²) in [5, 5.41) is 7.92. The zero-order valence-electron chi connectivity index (χ0n) is 11.7. The van der Waals surface area contributed by atoms with Gasteiger partial charge in [0, 0.05) is 19.8 Å². The van der Waals surface area contributed by atoms with E-state index in [9.17, 15) is 13.2 Å². The third-order valence-electron chi connectivity index (χ3n) is 3.72. The van der Waals surface area contributed by atoms with Crippen LogP contribution in [0.3, 0.4) is 0 Å². The number of halogens is 4. The molecule has 2 aromatic heterocycles. The number of anilines is 1. The van der Waals surface area contributed by atoms with Crippen LogP contribution in [0.5, 0.6) is 0 Å². The molecule has 118 valence electrons. The molecule has 1 saturated heterocycles. The van der Waals surface area contributed by atoms with E-state index in [1.807, 2.05) is 11.9 Å². The summed E-state index contributed by atoms with van der Waals surface area (Å²) in [6, 6.07) is 0.824. The van der Waals surface area contributed by atoms with Crippen molar-refractivity contribution in [3.63, 3.8) is 0 Å². The molecule has 0 unspecified atom stereocenters. The summed E-state index contributed by atoms with van der Waals surface area (Å²) >= 11 is 6.03. The van der Waals surface area contributed by atoms with E-state index in [0.29, 0.717) is 12.4 Å². The summed E-state index contributed by atoms with van der Waals surface area (Å²) in [5.41, 5.74) is -0.851. The highest BCUT2D eigenvalue weighted by atomic mass is 35.5. The van der Waals surface area contributed by atoms with Crippen LogP contribution in [-0.4, -0.2) is 26.3 Å². The van der Waals surface area contributed by atoms with Gasteiger partial charge in [0.25, 0.3) is 0 Å². The maximum Gasteiger partial charge on any atom is 0.417 e. The highest BCUT2D eigenvalue weighted by molar-refractivity contribution is 6.33. The molecule has 3 rings (SSSR count). The van der Waals surface area contributed by atoms with Crippen molar-refractivity contribution in [3.8, 4) is 0 Å². The fraction of sp³-hybridized carbons (Fsp3) is 0.462. The molecule has 3 heterocycles. The molecule has 0 amide bonds. The molecule has 1 atom stereocenters. The Morgan fingerprint density at radius 2 is 2.14 bits per heavy atom. The molecule has 22 heavy (non-hydrogen) atoms. The first kappa shape index (κ1) is 15.1. The maximum atomic E-state index is 12.7. The van der Waals surface area contributed by atoms with E-state index < -0.39 is 11.7 Å². The van der Waals surface area contributed by atoms with E-state index in [0.717, 1.165) is 30.9 Å². The molecule has 0 aromatic carbocycles. The lowest BCUT2D eigenvalue weighted by molar-refractivity contribution is -0.137. The van der Waals surface area contributed by atoms with Crippen molar-refractivity contribution in [2.75, 3.05) is 11.4 Å². The Kier molecular flexibility index (Phi) is 3.72. The molecule has 0 bridgehead atoms. The van der Waals surface area contributed by atoms with E-state index in [2.05, 4.69) is 15.2 Å². The van der Waals surface area contributed by atoms with Crippen LogP contribution in [0.15, 0.2) is 18.6 Å². The lowest BCUT2D eigenvalue weighted by Gasteiger charge is -2.26. The van der Waals surface area contributed by atoms with Crippen LogP contribution in [0.25, 0.3) is 0 Å². The molecule has 5 nitrogen and oxygen atoms in total. The van der Waals surface area contributed by atoms with Gasteiger partial charge in [-0.3, -0.25) is 0 Å². The first-order chi connectivity index (χ1) is 10.4. The Morgan fingerprint density at radius 3 is 2.73 bits per heavy atom. The van der Waals surface area contributed by atoms with Gasteiger partial charge >= 0.3 is 6.18 Å². The third-order valence-corrected chi connectivity index (χ3v) is 4.00. The predicted molar refractivity (Wildman–Crippen MR) is 74.6 cm³/mol. The average molecular weight is 332 g/mol. The predicted octanol–water partition coefficient (Wildman–Crippen LogP) is 3.22. The van der Waals surface area contributed by atoms with Crippen LogP contribution in [-0.2, 0) is 13.2 Å². The number of hydrogen-bond acceptors (Lipinski definition) is 4. The third kappa shape index (κ3) is 2.63. The smallest absolute Gasteiger partial charge is 0.345 e. The lowest BCUT2D eigenvalue weighted by atomic mass is 10.2. The van der Waals surface area contributed by atoms with E-state index in [1.165, 1.54) is 0 Å². The molecule has 9 heteroatoms. The second-order valence-electron chi connectivity index (χ2n) is 5.18. The minimum Gasteiger partial charge on any atom is -0.345 e. The molecule has 0 saturated carbocycles. The quantitative estimate of drug-likeness (QED) is 0.847. The average Bonchev–Trinajstić information content (AvgIpc) is 3.05. The van der Waals surface area contributed by atoms with Gasteiger partial charge in [0.1, 0.15) is 12.1 Å². The highest BCUT2D eigenvalue weighted by Crippen LogP contribution is 2.39. The van der Waals surface area contributed by atoms with Crippen LogP contribution < -0.4 is 4.90 Å². The van der Waals surface area contributed by atoms with Gasteiger partial charge in [-0.05, 0) is 18.9 Å². The Bertz CT molecular complexity index is 685. The van der Waals surface area contributed by atoms with Crippen LogP contribution >= 0.6 is 11.6 Å². The number of hydrogen-bond donors (Lipinski definition) is 0. The number of pyridine rings is 1. The molecule has 0 spiro atoms. The zero-order valence-corrected chi connectivity index (χ0v) is 12.4. The number of aryl methyl sites for hydroxylation is 1. The van der Waals surface area contributed by atoms with Gasteiger partial charge < -0.3 is 9.47 Å². The Labute approximate surface area is 129 Å². The SMILES string of the molecule is Cn1cnnc1[C@@H]1CCCN1c1ncc(C(F)(F)F)cc1Cl. The molecule has 1 aliphatic heterocycles. The normalized spacial score (nSPS) is 19.0. The van der Waals surface area contributed by atoms with Gasteiger partial charge in [-0.1, -0.05) is 11.6 Å². The Morgan fingerprint density at radius 1 is 1.36 bits per heavy atom. The second kappa shape index (κ2) is 5.42. The number of nitrogens with zero attached hydrogens (tertiary/aromatic N) is 5. The summed E-state index contributed by atoms with van der Waals surface area (Å²) in [4.78, 5) is 5.81. The topological polar surface area (TPSA) is 46.8 Å².